The van der Waals surface area contributed by atoms with Gasteiger partial charge in [-0.3, -0.25) is 9.88 Å². The zero-order valence-corrected chi connectivity index (χ0v) is 14.6. The Morgan fingerprint density at radius 2 is 2.09 bits per heavy atom. The Bertz CT molecular complexity index is 615. The number of aromatic nitrogens is 1. The molecule has 1 aromatic heterocycles. The molecule has 1 fully saturated rings. The molecule has 1 aromatic carbocycles. The first kappa shape index (κ1) is 16.6. The van der Waals surface area contributed by atoms with Crippen LogP contribution in [0.3, 0.4) is 0 Å². The van der Waals surface area contributed by atoms with Gasteiger partial charge in [0.2, 0.25) is 0 Å². The van der Waals surface area contributed by atoms with Crippen molar-refractivity contribution < 1.29 is 4.39 Å². The summed E-state index contributed by atoms with van der Waals surface area (Å²) in [5, 5.41) is 3.55. The summed E-state index contributed by atoms with van der Waals surface area (Å²) in [7, 11) is 0. The number of halogens is 2. The molecule has 0 aliphatic carbocycles. The van der Waals surface area contributed by atoms with Crippen molar-refractivity contribution in [3.63, 3.8) is 0 Å². The van der Waals surface area contributed by atoms with Crippen LogP contribution in [-0.2, 0) is 13.0 Å². The molecule has 0 amide bonds. The van der Waals surface area contributed by atoms with Crippen LogP contribution in [0.5, 0.6) is 0 Å². The van der Waals surface area contributed by atoms with Crippen molar-refractivity contribution in [3.8, 4) is 0 Å². The average molecular weight is 378 g/mol. The topological polar surface area (TPSA) is 28.2 Å². The van der Waals surface area contributed by atoms with Crippen LogP contribution in [0.4, 0.5) is 4.39 Å². The standard InChI is InChI=1S/C18H21BrFN3/c19-17-10-21-11-18(20)16(17)7-6-15-13-23(9-8-22-15)12-14-4-2-1-3-5-14/h1-5,10-11,15,22H,6-9,12-13H2/t15-/m1/s1. The molecule has 0 radical (unpaired) electrons. The van der Waals surface area contributed by atoms with E-state index in [1.54, 1.807) is 6.20 Å². The van der Waals surface area contributed by atoms with E-state index in [4.69, 9.17) is 0 Å². The van der Waals surface area contributed by atoms with Crippen LogP contribution >= 0.6 is 15.9 Å². The highest BCUT2D eigenvalue weighted by Crippen LogP contribution is 2.21. The highest BCUT2D eigenvalue weighted by molar-refractivity contribution is 9.10. The molecule has 2 heterocycles. The lowest BCUT2D eigenvalue weighted by molar-refractivity contribution is 0.187. The molecule has 0 bridgehead atoms. The molecular weight excluding hydrogens is 357 g/mol. The van der Waals surface area contributed by atoms with Crippen molar-refractivity contribution in [3.05, 3.63) is 64.1 Å². The third-order valence-corrected chi connectivity index (χ3v) is 4.97. The Balaban J connectivity index is 1.55. The highest BCUT2D eigenvalue weighted by Gasteiger charge is 2.20. The Morgan fingerprint density at radius 1 is 1.26 bits per heavy atom. The van der Waals surface area contributed by atoms with Gasteiger partial charge in [0, 0.05) is 48.5 Å². The third kappa shape index (κ3) is 4.59. The quantitative estimate of drug-likeness (QED) is 0.865. The fourth-order valence-corrected chi connectivity index (χ4v) is 3.57. The first-order chi connectivity index (χ1) is 11.2. The molecule has 5 heteroatoms. The number of benzene rings is 1. The first-order valence-corrected chi connectivity index (χ1v) is 8.79. The van der Waals surface area contributed by atoms with E-state index >= 15 is 0 Å². The lowest BCUT2D eigenvalue weighted by Gasteiger charge is -2.34. The second-order valence-corrected chi connectivity index (χ2v) is 6.85. The lowest BCUT2D eigenvalue weighted by Crippen LogP contribution is -2.50. The fraction of sp³-hybridized carbons (Fsp3) is 0.389. The summed E-state index contributed by atoms with van der Waals surface area (Å²) in [6, 6.07) is 10.9. The number of rotatable bonds is 5. The van der Waals surface area contributed by atoms with E-state index in [1.807, 2.05) is 6.07 Å². The van der Waals surface area contributed by atoms with E-state index in [0.717, 1.165) is 42.6 Å². The van der Waals surface area contributed by atoms with E-state index in [0.29, 0.717) is 12.5 Å². The van der Waals surface area contributed by atoms with E-state index in [9.17, 15) is 4.39 Å². The summed E-state index contributed by atoms with van der Waals surface area (Å²) in [6.07, 6.45) is 4.58. The average Bonchev–Trinajstić information content (AvgIpc) is 2.56. The molecule has 0 unspecified atom stereocenters. The summed E-state index contributed by atoms with van der Waals surface area (Å²) < 4.78 is 14.6. The van der Waals surface area contributed by atoms with Gasteiger partial charge in [0.15, 0.2) is 0 Å². The van der Waals surface area contributed by atoms with Crippen LogP contribution in [-0.4, -0.2) is 35.6 Å². The number of piperazine rings is 1. The highest BCUT2D eigenvalue weighted by atomic mass is 79.9. The normalized spacial score (nSPS) is 19.0. The zero-order chi connectivity index (χ0) is 16.1. The molecule has 1 saturated heterocycles. The largest absolute Gasteiger partial charge is 0.311 e. The van der Waals surface area contributed by atoms with Crippen LogP contribution < -0.4 is 5.32 Å². The van der Waals surface area contributed by atoms with Gasteiger partial charge in [0.05, 0.1) is 6.20 Å². The van der Waals surface area contributed by atoms with Crippen molar-refractivity contribution in [2.75, 3.05) is 19.6 Å². The lowest BCUT2D eigenvalue weighted by atomic mass is 10.0. The molecule has 1 aliphatic heterocycles. The van der Waals surface area contributed by atoms with Crippen LogP contribution in [0.15, 0.2) is 47.2 Å². The minimum atomic E-state index is -0.226. The second kappa shape index (κ2) is 7.99. The molecule has 0 spiro atoms. The molecule has 1 N–H and O–H groups in total. The van der Waals surface area contributed by atoms with Crippen molar-refractivity contribution in [1.82, 2.24) is 15.2 Å². The molecule has 1 atom stereocenters. The minimum absolute atomic E-state index is 0.226. The monoisotopic (exact) mass is 377 g/mol. The number of nitrogens with one attached hydrogen (secondary N) is 1. The van der Waals surface area contributed by atoms with E-state index in [-0.39, 0.29) is 5.82 Å². The molecule has 1 aliphatic rings. The van der Waals surface area contributed by atoms with Crippen molar-refractivity contribution in [2.24, 2.45) is 0 Å². The van der Waals surface area contributed by atoms with Gasteiger partial charge in [0.1, 0.15) is 5.82 Å². The van der Waals surface area contributed by atoms with Gasteiger partial charge in [0.25, 0.3) is 0 Å². The van der Waals surface area contributed by atoms with Crippen molar-refractivity contribution in [1.29, 1.82) is 0 Å². The minimum Gasteiger partial charge on any atom is -0.311 e. The SMILES string of the molecule is Fc1cncc(Br)c1CC[C@@H]1CN(Cc2ccccc2)CCN1. The number of nitrogens with zero attached hydrogens (tertiary/aromatic N) is 2. The summed E-state index contributed by atoms with van der Waals surface area (Å²) >= 11 is 3.39. The van der Waals surface area contributed by atoms with Crippen LogP contribution in [0.2, 0.25) is 0 Å². The van der Waals surface area contributed by atoms with Gasteiger partial charge in [-0.25, -0.2) is 4.39 Å². The zero-order valence-electron chi connectivity index (χ0n) is 13.0. The molecule has 3 rings (SSSR count). The molecule has 2 aromatic rings. The Labute approximate surface area is 145 Å². The number of pyridine rings is 1. The van der Waals surface area contributed by atoms with E-state index in [1.165, 1.54) is 11.8 Å². The van der Waals surface area contributed by atoms with E-state index in [2.05, 4.69) is 55.4 Å². The first-order valence-electron chi connectivity index (χ1n) is 8.00. The third-order valence-electron chi connectivity index (χ3n) is 4.28. The van der Waals surface area contributed by atoms with Crippen molar-refractivity contribution >= 4 is 15.9 Å². The van der Waals surface area contributed by atoms with Gasteiger partial charge in [-0.1, -0.05) is 30.3 Å². The summed E-state index contributed by atoms with van der Waals surface area (Å²) in [4.78, 5) is 6.32. The van der Waals surface area contributed by atoms with Gasteiger partial charge in [-0.2, -0.15) is 0 Å². The molecule has 3 nitrogen and oxygen atoms in total. The number of hydrogen-bond donors (Lipinski definition) is 1. The van der Waals surface area contributed by atoms with E-state index < -0.39 is 0 Å². The van der Waals surface area contributed by atoms with Crippen molar-refractivity contribution in [2.45, 2.75) is 25.4 Å². The van der Waals surface area contributed by atoms with Gasteiger partial charge in [-0.15, -0.1) is 0 Å². The Morgan fingerprint density at radius 3 is 2.87 bits per heavy atom. The maximum Gasteiger partial charge on any atom is 0.145 e. The number of hydrogen-bond acceptors (Lipinski definition) is 3. The van der Waals surface area contributed by atoms with Crippen LogP contribution in [0.25, 0.3) is 0 Å². The Kier molecular flexibility index (Phi) is 5.75. The van der Waals surface area contributed by atoms with Crippen LogP contribution in [0, 0.1) is 5.82 Å². The van der Waals surface area contributed by atoms with Gasteiger partial charge in [-0.05, 0) is 34.3 Å². The smallest absolute Gasteiger partial charge is 0.145 e. The predicted octanol–water partition coefficient (Wildman–Crippen LogP) is 3.39. The summed E-state index contributed by atoms with van der Waals surface area (Å²) in [5.41, 5.74) is 2.07. The molecular formula is C18H21BrFN3. The summed E-state index contributed by atoms with van der Waals surface area (Å²) in [5.74, 6) is -0.226. The molecule has 23 heavy (non-hydrogen) atoms. The Hall–Kier alpha value is -1.30. The van der Waals surface area contributed by atoms with Gasteiger partial charge < -0.3 is 5.32 Å². The fourth-order valence-electron chi connectivity index (χ4n) is 3.07. The maximum absolute atomic E-state index is 13.8. The van der Waals surface area contributed by atoms with Gasteiger partial charge >= 0.3 is 0 Å². The predicted molar refractivity (Wildman–Crippen MR) is 93.7 cm³/mol. The second-order valence-electron chi connectivity index (χ2n) is 5.99. The molecule has 122 valence electrons. The maximum atomic E-state index is 13.8. The van der Waals surface area contributed by atoms with Crippen LogP contribution in [0.1, 0.15) is 17.5 Å². The molecule has 0 saturated carbocycles. The summed E-state index contributed by atoms with van der Waals surface area (Å²) in [6.45, 7) is 4.02.